The maximum absolute atomic E-state index is 13.4. The predicted molar refractivity (Wildman–Crippen MR) is 71.8 cm³/mol. The second-order valence-corrected chi connectivity index (χ2v) is 4.61. The lowest BCUT2D eigenvalue weighted by Crippen LogP contribution is -3.00. The van der Waals surface area contributed by atoms with Crippen molar-refractivity contribution in [3.05, 3.63) is 71.0 Å². The Balaban J connectivity index is 0.00000180. The van der Waals surface area contributed by atoms with Gasteiger partial charge in [-0.05, 0) is 35.7 Å². The molecule has 0 aliphatic rings. The number of hydrogen-bond donors (Lipinski definition) is 1. The number of hydrogen-bond acceptors (Lipinski definition) is 0. The molecule has 1 atom stereocenters. The van der Waals surface area contributed by atoms with Gasteiger partial charge in [0.1, 0.15) is 5.82 Å². The van der Waals surface area contributed by atoms with Gasteiger partial charge in [-0.1, -0.05) is 36.4 Å². The molecule has 0 radical (unpaired) electrons. The molecule has 3 N–H and O–H groups in total. The van der Waals surface area contributed by atoms with E-state index >= 15 is 0 Å². The monoisotopic (exact) mass is 279 g/mol. The zero-order chi connectivity index (χ0) is 13.0. The first kappa shape index (κ1) is 15.7. The van der Waals surface area contributed by atoms with Gasteiger partial charge in [-0.3, -0.25) is 0 Å². The molecule has 0 aliphatic carbocycles. The molecule has 0 spiro atoms. The third-order valence-corrected chi connectivity index (χ3v) is 3.31. The van der Waals surface area contributed by atoms with Crippen molar-refractivity contribution in [3.63, 3.8) is 0 Å². The van der Waals surface area contributed by atoms with Crippen molar-refractivity contribution in [2.24, 2.45) is 0 Å². The highest BCUT2D eigenvalue weighted by molar-refractivity contribution is 5.37. The van der Waals surface area contributed by atoms with Gasteiger partial charge in [0.2, 0.25) is 0 Å². The van der Waals surface area contributed by atoms with E-state index in [1.165, 1.54) is 17.2 Å². The van der Waals surface area contributed by atoms with Crippen LogP contribution in [0.1, 0.15) is 29.0 Å². The van der Waals surface area contributed by atoms with Gasteiger partial charge in [0.15, 0.2) is 0 Å². The van der Waals surface area contributed by atoms with Crippen molar-refractivity contribution >= 4 is 0 Å². The molecule has 2 aromatic carbocycles. The Morgan fingerprint density at radius 3 is 2.47 bits per heavy atom. The lowest BCUT2D eigenvalue weighted by Gasteiger charge is -2.18. The third kappa shape index (κ3) is 3.79. The van der Waals surface area contributed by atoms with Gasteiger partial charge < -0.3 is 18.1 Å². The molecule has 102 valence electrons. The van der Waals surface area contributed by atoms with Gasteiger partial charge in [0.05, 0.1) is 6.54 Å². The molecule has 19 heavy (non-hydrogen) atoms. The van der Waals surface area contributed by atoms with Crippen molar-refractivity contribution in [2.45, 2.75) is 19.3 Å². The van der Waals surface area contributed by atoms with Crippen LogP contribution >= 0.6 is 0 Å². The second-order valence-electron chi connectivity index (χ2n) is 4.61. The quantitative estimate of drug-likeness (QED) is 0.810. The van der Waals surface area contributed by atoms with E-state index in [-0.39, 0.29) is 24.1 Å². The summed E-state index contributed by atoms with van der Waals surface area (Å²) in [6, 6.07) is 15.2. The average molecular weight is 280 g/mol. The largest absolute Gasteiger partial charge is 1.00 e. The summed E-state index contributed by atoms with van der Waals surface area (Å²) in [6.07, 6.45) is 0.939. The standard InChI is InChI=1S/C16H18FN.ClH/c1-12-5-2-3-8-15(12)16(9-10-18)13-6-4-7-14(17)11-13;/h2-8,11,16H,9-10,18H2,1H3;1H. The highest BCUT2D eigenvalue weighted by Gasteiger charge is 2.16. The summed E-state index contributed by atoms with van der Waals surface area (Å²) >= 11 is 0. The molecule has 0 bridgehead atoms. The molecule has 1 unspecified atom stereocenters. The molecular formula is C16H19ClFN. The van der Waals surface area contributed by atoms with Crippen LogP contribution in [0, 0.1) is 12.7 Å². The summed E-state index contributed by atoms with van der Waals surface area (Å²) < 4.78 is 13.4. The van der Waals surface area contributed by atoms with Crippen LogP contribution in [0.3, 0.4) is 0 Å². The van der Waals surface area contributed by atoms with E-state index in [9.17, 15) is 4.39 Å². The Morgan fingerprint density at radius 1 is 1.11 bits per heavy atom. The highest BCUT2D eigenvalue weighted by atomic mass is 35.5. The van der Waals surface area contributed by atoms with E-state index < -0.39 is 0 Å². The number of rotatable bonds is 4. The van der Waals surface area contributed by atoms with Gasteiger partial charge in [-0.25, -0.2) is 4.39 Å². The molecule has 2 rings (SSSR count). The first-order chi connectivity index (χ1) is 8.72. The molecule has 0 amide bonds. The minimum atomic E-state index is -0.171. The topological polar surface area (TPSA) is 27.6 Å². The number of benzene rings is 2. The summed E-state index contributed by atoms with van der Waals surface area (Å²) in [6.45, 7) is 2.94. The van der Waals surface area contributed by atoms with Gasteiger partial charge in [-0.2, -0.15) is 0 Å². The van der Waals surface area contributed by atoms with Crippen molar-refractivity contribution < 1.29 is 22.5 Å². The van der Waals surface area contributed by atoms with Crippen LogP contribution in [0.2, 0.25) is 0 Å². The SMILES string of the molecule is Cc1ccccc1C(CC[NH3+])c1cccc(F)c1.[Cl-]. The van der Waals surface area contributed by atoms with Crippen LogP contribution in [0.4, 0.5) is 4.39 Å². The van der Waals surface area contributed by atoms with Crippen LogP contribution in [0.15, 0.2) is 48.5 Å². The average Bonchev–Trinajstić information content (AvgIpc) is 2.37. The predicted octanol–water partition coefficient (Wildman–Crippen LogP) is -0.0980. The Morgan fingerprint density at radius 2 is 1.84 bits per heavy atom. The number of aryl methyl sites for hydroxylation is 1. The molecule has 0 aromatic heterocycles. The maximum atomic E-state index is 13.4. The van der Waals surface area contributed by atoms with Crippen molar-refractivity contribution in [2.75, 3.05) is 6.54 Å². The Kier molecular flexibility index (Phi) is 6.00. The summed E-state index contributed by atoms with van der Waals surface area (Å²) in [4.78, 5) is 0. The molecule has 0 fully saturated rings. The summed E-state index contributed by atoms with van der Waals surface area (Å²) in [5.74, 6) is 0.0644. The second kappa shape index (κ2) is 7.27. The molecular weight excluding hydrogens is 261 g/mol. The van der Waals surface area contributed by atoms with E-state index in [1.807, 2.05) is 18.2 Å². The van der Waals surface area contributed by atoms with Crippen molar-refractivity contribution in [1.29, 1.82) is 0 Å². The Bertz CT molecular complexity index is 528. The van der Waals surface area contributed by atoms with Crippen LogP contribution in [-0.4, -0.2) is 6.54 Å². The smallest absolute Gasteiger partial charge is 0.123 e. The highest BCUT2D eigenvalue weighted by Crippen LogP contribution is 2.29. The van der Waals surface area contributed by atoms with E-state index in [2.05, 4.69) is 24.8 Å². The minimum Gasteiger partial charge on any atom is -1.00 e. The van der Waals surface area contributed by atoms with Crippen LogP contribution in [-0.2, 0) is 0 Å². The van der Waals surface area contributed by atoms with E-state index in [0.717, 1.165) is 18.5 Å². The van der Waals surface area contributed by atoms with E-state index in [1.54, 1.807) is 12.1 Å². The molecule has 3 heteroatoms. The lowest BCUT2D eigenvalue weighted by atomic mass is 9.86. The first-order valence-corrected chi connectivity index (χ1v) is 6.32. The first-order valence-electron chi connectivity index (χ1n) is 6.32. The van der Waals surface area contributed by atoms with Gasteiger partial charge >= 0.3 is 0 Å². The van der Waals surface area contributed by atoms with Crippen molar-refractivity contribution in [1.82, 2.24) is 0 Å². The fourth-order valence-electron chi connectivity index (χ4n) is 2.41. The van der Waals surface area contributed by atoms with Crippen molar-refractivity contribution in [3.8, 4) is 0 Å². The maximum Gasteiger partial charge on any atom is 0.123 e. The number of quaternary nitrogens is 1. The van der Waals surface area contributed by atoms with E-state index in [4.69, 9.17) is 0 Å². The number of halogens is 2. The lowest BCUT2D eigenvalue weighted by molar-refractivity contribution is -0.368. The summed E-state index contributed by atoms with van der Waals surface area (Å²) in [5.41, 5.74) is 7.49. The van der Waals surface area contributed by atoms with Crippen LogP contribution in [0.5, 0.6) is 0 Å². The third-order valence-electron chi connectivity index (χ3n) is 3.31. The van der Waals surface area contributed by atoms with Crippen LogP contribution in [0.25, 0.3) is 0 Å². The zero-order valence-corrected chi connectivity index (χ0v) is 11.8. The Hall–Kier alpha value is -1.38. The summed E-state index contributed by atoms with van der Waals surface area (Å²) in [7, 11) is 0. The molecule has 0 saturated heterocycles. The minimum absolute atomic E-state index is 0. The van der Waals surface area contributed by atoms with E-state index in [0.29, 0.717) is 0 Å². The fraction of sp³-hybridized carbons (Fsp3) is 0.250. The molecule has 2 aromatic rings. The fourth-order valence-corrected chi connectivity index (χ4v) is 2.41. The zero-order valence-electron chi connectivity index (χ0n) is 11.1. The Labute approximate surface area is 120 Å². The molecule has 0 heterocycles. The van der Waals surface area contributed by atoms with Gasteiger partial charge in [-0.15, -0.1) is 0 Å². The normalized spacial score (nSPS) is 11.7. The van der Waals surface area contributed by atoms with Gasteiger partial charge in [0.25, 0.3) is 0 Å². The molecule has 1 nitrogen and oxygen atoms in total. The van der Waals surface area contributed by atoms with Crippen LogP contribution < -0.4 is 18.1 Å². The molecule has 0 aliphatic heterocycles. The van der Waals surface area contributed by atoms with Gasteiger partial charge in [0, 0.05) is 12.3 Å². The molecule has 0 saturated carbocycles. The summed E-state index contributed by atoms with van der Waals surface area (Å²) in [5, 5.41) is 0.